The molecule has 2 rings (SSSR count). The summed E-state index contributed by atoms with van der Waals surface area (Å²) in [6.07, 6.45) is 4.75. The zero-order valence-electron chi connectivity index (χ0n) is 10.8. The summed E-state index contributed by atoms with van der Waals surface area (Å²) in [5.41, 5.74) is 0.930. The first-order chi connectivity index (χ1) is 8.83. The van der Waals surface area contributed by atoms with Crippen LogP contribution in [0, 0.1) is 0 Å². The minimum Gasteiger partial charge on any atom is -0.488 e. The molecule has 96 valence electrons. The first-order valence-corrected chi connectivity index (χ1v) is 6.53. The first kappa shape index (κ1) is 12.7. The van der Waals surface area contributed by atoms with Crippen molar-refractivity contribution in [1.29, 1.82) is 0 Å². The van der Waals surface area contributed by atoms with E-state index in [4.69, 9.17) is 4.74 Å². The lowest BCUT2D eigenvalue weighted by atomic mass is 10.2. The molecule has 0 radical (unpaired) electrons. The Labute approximate surface area is 108 Å². The highest BCUT2D eigenvalue weighted by Crippen LogP contribution is 2.19. The van der Waals surface area contributed by atoms with Crippen LogP contribution in [0.3, 0.4) is 0 Å². The number of hydrogen-bond acceptors (Lipinski definition) is 2. The number of ether oxygens (including phenoxy) is 1. The van der Waals surface area contributed by atoms with Crippen LogP contribution in [0.2, 0.25) is 0 Å². The van der Waals surface area contributed by atoms with Crippen molar-refractivity contribution >= 4 is 11.6 Å². The summed E-state index contributed by atoms with van der Waals surface area (Å²) in [6, 6.07) is 9.76. The van der Waals surface area contributed by atoms with Crippen LogP contribution >= 0.6 is 0 Å². The van der Waals surface area contributed by atoms with Crippen LogP contribution < -0.4 is 4.90 Å². The second-order valence-corrected chi connectivity index (χ2v) is 4.35. The Morgan fingerprint density at radius 2 is 2.11 bits per heavy atom. The van der Waals surface area contributed by atoms with E-state index in [-0.39, 0.29) is 5.91 Å². The number of carbonyl (C=O) groups is 1. The molecule has 0 unspecified atom stereocenters. The lowest BCUT2D eigenvalue weighted by Crippen LogP contribution is -2.34. The molecule has 1 aliphatic heterocycles. The zero-order valence-corrected chi connectivity index (χ0v) is 10.8. The quantitative estimate of drug-likeness (QED) is 0.815. The predicted molar refractivity (Wildman–Crippen MR) is 72.4 cm³/mol. The molecule has 1 aromatic carbocycles. The zero-order chi connectivity index (χ0) is 12.8. The Kier molecular flexibility index (Phi) is 4.40. The van der Waals surface area contributed by atoms with Crippen LogP contribution in [0.15, 0.2) is 42.2 Å². The number of hydrogen-bond donors (Lipinski definition) is 0. The number of allylic oxidation sites excluding steroid dienone is 1. The molecule has 18 heavy (non-hydrogen) atoms. The molecule has 3 nitrogen and oxygen atoms in total. The van der Waals surface area contributed by atoms with Gasteiger partial charge < -0.3 is 9.64 Å². The van der Waals surface area contributed by atoms with Gasteiger partial charge in [-0.3, -0.25) is 4.79 Å². The number of para-hydroxylation sites is 1. The van der Waals surface area contributed by atoms with Gasteiger partial charge in [-0.25, -0.2) is 0 Å². The van der Waals surface area contributed by atoms with Crippen LogP contribution in [0.4, 0.5) is 5.69 Å². The maximum absolute atomic E-state index is 12.4. The molecule has 3 heteroatoms. The average Bonchev–Trinajstić information content (AvgIpc) is 2.46. The molecule has 0 aromatic heterocycles. The fraction of sp³-hybridized carbons (Fsp3) is 0.400. The molecule has 0 bridgehead atoms. The molecule has 0 aliphatic carbocycles. The number of amides is 1. The molecule has 0 saturated carbocycles. The minimum absolute atomic E-state index is 0.0252. The highest BCUT2D eigenvalue weighted by atomic mass is 16.5. The Morgan fingerprint density at radius 3 is 2.72 bits per heavy atom. The molecule has 1 heterocycles. The molecule has 1 amide bonds. The van der Waals surface area contributed by atoms with E-state index in [0.29, 0.717) is 18.9 Å². The third-order valence-electron chi connectivity index (χ3n) is 2.91. The summed E-state index contributed by atoms with van der Waals surface area (Å²) < 4.78 is 5.46. The summed E-state index contributed by atoms with van der Waals surface area (Å²) >= 11 is 0. The second-order valence-electron chi connectivity index (χ2n) is 4.35. The van der Waals surface area contributed by atoms with Crippen molar-refractivity contribution in [3.8, 4) is 0 Å². The highest BCUT2D eigenvalue weighted by Gasteiger charge is 2.21. The van der Waals surface area contributed by atoms with E-state index in [9.17, 15) is 4.79 Å². The summed E-state index contributed by atoms with van der Waals surface area (Å²) in [4.78, 5) is 14.2. The SMILES string of the molecule is CCCN(C(=O)C1=CCCCO1)c1ccccc1. The maximum Gasteiger partial charge on any atom is 0.292 e. The summed E-state index contributed by atoms with van der Waals surface area (Å²) in [7, 11) is 0. The molecule has 0 saturated heterocycles. The smallest absolute Gasteiger partial charge is 0.292 e. The molecular weight excluding hydrogens is 226 g/mol. The van der Waals surface area contributed by atoms with Gasteiger partial charge in [0, 0.05) is 12.2 Å². The first-order valence-electron chi connectivity index (χ1n) is 6.53. The van der Waals surface area contributed by atoms with E-state index in [1.54, 1.807) is 4.90 Å². The fourth-order valence-electron chi connectivity index (χ4n) is 2.02. The molecule has 0 fully saturated rings. The lowest BCUT2D eigenvalue weighted by Gasteiger charge is -2.24. The molecule has 0 spiro atoms. The topological polar surface area (TPSA) is 29.5 Å². The van der Waals surface area contributed by atoms with Crippen LogP contribution in [0.5, 0.6) is 0 Å². The van der Waals surface area contributed by atoms with E-state index in [1.165, 1.54) is 0 Å². The normalized spacial score (nSPS) is 14.6. The van der Waals surface area contributed by atoms with E-state index in [0.717, 1.165) is 24.9 Å². The lowest BCUT2D eigenvalue weighted by molar-refractivity contribution is -0.118. The van der Waals surface area contributed by atoms with E-state index < -0.39 is 0 Å². The van der Waals surface area contributed by atoms with Gasteiger partial charge in [0.2, 0.25) is 0 Å². The monoisotopic (exact) mass is 245 g/mol. The maximum atomic E-state index is 12.4. The van der Waals surface area contributed by atoms with Crippen molar-refractivity contribution < 1.29 is 9.53 Å². The number of carbonyl (C=O) groups excluding carboxylic acids is 1. The van der Waals surface area contributed by atoms with Gasteiger partial charge >= 0.3 is 0 Å². The van der Waals surface area contributed by atoms with E-state index in [2.05, 4.69) is 6.92 Å². The summed E-state index contributed by atoms with van der Waals surface area (Å²) in [6.45, 7) is 3.43. The largest absolute Gasteiger partial charge is 0.488 e. The van der Waals surface area contributed by atoms with Gasteiger partial charge in [-0.05, 0) is 37.5 Å². The predicted octanol–water partition coefficient (Wildman–Crippen LogP) is 3.12. The Balaban J connectivity index is 2.19. The third kappa shape index (κ3) is 2.92. The van der Waals surface area contributed by atoms with Crippen molar-refractivity contribution in [1.82, 2.24) is 0 Å². The van der Waals surface area contributed by atoms with Crippen LogP contribution in [0.25, 0.3) is 0 Å². The second kappa shape index (κ2) is 6.24. The molecule has 1 aliphatic rings. The van der Waals surface area contributed by atoms with Gasteiger partial charge in [-0.15, -0.1) is 0 Å². The van der Waals surface area contributed by atoms with Gasteiger partial charge in [-0.2, -0.15) is 0 Å². The Morgan fingerprint density at radius 1 is 1.33 bits per heavy atom. The highest BCUT2D eigenvalue weighted by molar-refractivity contribution is 6.04. The standard InChI is InChI=1S/C15H19NO2/c1-2-11-16(13-8-4-3-5-9-13)15(17)14-10-6-7-12-18-14/h3-5,8-10H,2,6-7,11-12H2,1H3. The Hall–Kier alpha value is -1.77. The molecule has 0 N–H and O–H groups in total. The average molecular weight is 245 g/mol. The fourth-order valence-corrected chi connectivity index (χ4v) is 2.02. The van der Waals surface area contributed by atoms with Crippen LogP contribution in [0.1, 0.15) is 26.2 Å². The Bertz CT molecular complexity index is 425. The minimum atomic E-state index is -0.0252. The number of anilines is 1. The third-order valence-corrected chi connectivity index (χ3v) is 2.91. The van der Waals surface area contributed by atoms with Crippen molar-refractivity contribution in [3.05, 3.63) is 42.2 Å². The van der Waals surface area contributed by atoms with Gasteiger partial charge in [0.05, 0.1) is 6.61 Å². The molecule has 0 atom stereocenters. The molecular formula is C15H19NO2. The van der Waals surface area contributed by atoms with Crippen LogP contribution in [-0.2, 0) is 9.53 Å². The van der Waals surface area contributed by atoms with Gasteiger partial charge in [0.15, 0.2) is 5.76 Å². The van der Waals surface area contributed by atoms with Crippen molar-refractivity contribution in [2.75, 3.05) is 18.1 Å². The van der Waals surface area contributed by atoms with Crippen molar-refractivity contribution in [2.24, 2.45) is 0 Å². The van der Waals surface area contributed by atoms with Gasteiger partial charge in [0.1, 0.15) is 0 Å². The number of rotatable bonds is 4. The van der Waals surface area contributed by atoms with E-state index in [1.807, 2.05) is 36.4 Å². The van der Waals surface area contributed by atoms with Crippen molar-refractivity contribution in [2.45, 2.75) is 26.2 Å². The van der Waals surface area contributed by atoms with Crippen molar-refractivity contribution in [3.63, 3.8) is 0 Å². The summed E-state index contributed by atoms with van der Waals surface area (Å²) in [5.74, 6) is 0.473. The summed E-state index contributed by atoms with van der Waals surface area (Å²) in [5, 5.41) is 0. The van der Waals surface area contributed by atoms with E-state index >= 15 is 0 Å². The van der Waals surface area contributed by atoms with Crippen LogP contribution in [-0.4, -0.2) is 19.1 Å². The van der Waals surface area contributed by atoms with Gasteiger partial charge in [0.25, 0.3) is 5.91 Å². The number of benzene rings is 1. The number of nitrogens with zero attached hydrogens (tertiary/aromatic N) is 1. The van der Waals surface area contributed by atoms with Gasteiger partial charge in [-0.1, -0.05) is 25.1 Å². The molecule has 1 aromatic rings.